The van der Waals surface area contributed by atoms with E-state index in [-0.39, 0.29) is 18.2 Å². The first-order chi connectivity index (χ1) is 14.6. The van der Waals surface area contributed by atoms with Crippen molar-refractivity contribution in [1.29, 1.82) is 0 Å². The normalized spacial score (nSPS) is 11.4. The van der Waals surface area contributed by atoms with Gasteiger partial charge < -0.3 is 19.8 Å². The van der Waals surface area contributed by atoms with E-state index in [0.29, 0.717) is 12.0 Å². The molecule has 0 saturated carbocycles. The number of rotatable bonds is 8. The molecule has 1 atom stereocenters. The highest BCUT2D eigenvalue weighted by Gasteiger charge is 2.23. The first-order valence-corrected chi connectivity index (χ1v) is 9.40. The summed E-state index contributed by atoms with van der Waals surface area (Å²) in [5, 5.41) is 5.56. The molecule has 0 saturated heterocycles. The van der Waals surface area contributed by atoms with Gasteiger partial charge in [-0.2, -0.15) is 0 Å². The SMILES string of the molecule is COC(=O)c1ccc(CNC(=O)C(Cc2ccccc2)NC(=O)c2ccco2)cc1. The Kier molecular flexibility index (Phi) is 7.00. The molecule has 3 aromatic rings. The van der Waals surface area contributed by atoms with Crippen LogP contribution in [0.15, 0.2) is 77.4 Å². The van der Waals surface area contributed by atoms with Crippen LogP contribution in [0, 0.1) is 0 Å². The van der Waals surface area contributed by atoms with Crippen LogP contribution in [0.1, 0.15) is 32.0 Å². The van der Waals surface area contributed by atoms with Crippen molar-refractivity contribution in [2.45, 2.75) is 19.0 Å². The average Bonchev–Trinajstić information content (AvgIpc) is 3.32. The van der Waals surface area contributed by atoms with Crippen LogP contribution in [0.5, 0.6) is 0 Å². The largest absolute Gasteiger partial charge is 0.465 e. The summed E-state index contributed by atoms with van der Waals surface area (Å²) >= 11 is 0. The fourth-order valence-corrected chi connectivity index (χ4v) is 2.89. The molecule has 0 aliphatic heterocycles. The van der Waals surface area contributed by atoms with Gasteiger partial charge in [-0.1, -0.05) is 42.5 Å². The van der Waals surface area contributed by atoms with Crippen molar-refractivity contribution in [1.82, 2.24) is 10.6 Å². The van der Waals surface area contributed by atoms with E-state index in [1.807, 2.05) is 30.3 Å². The van der Waals surface area contributed by atoms with Crippen molar-refractivity contribution < 1.29 is 23.5 Å². The summed E-state index contributed by atoms with van der Waals surface area (Å²) in [6.07, 6.45) is 1.74. The van der Waals surface area contributed by atoms with E-state index in [9.17, 15) is 14.4 Å². The summed E-state index contributed by atoms with van der Waals surface area (Å²) < 4.78 is 9.79. The van der Waals surface area contributed by atoms with Gasteiger partial charge in [0, 0.05) is 13.0 Å². The third-order valence-corrected chi connectivity index (χ3v) is 4.49. The molecule has 0 bridgehead atoms. The fourth-order valence-electron chi connectivity index (χ4n) is 2.89. The maximum Gasteiger partial charge on any atom is 0.337 e. The second kappa shape index (κ2) is 10.1. The highest BCUT2D eigenvalue weighted by molar-refractivity contribution is 5.95. The maximum atomic E-state index is 12.8. The van der Waals surface area contributed by atoms with E-state index in [4.69, 9.17) is 4.42 Å². The average molecular weight is 406 g/mol. The number of benzene rings is 2. The summed E-state index contributed by atoms with van der Waals surface area (Å²) in [7, 11) is 1.32. The minimum absolute atomic E-state index is 0.138. The molecule has 0 aliphatic carbocycles. The number of amides is 2. The van der Waals surface area contributed by atoms with Crippen LogP contribution in [0.25, 0.3) is 0 Å². The van der Waals surface area contributed by atoms with Crippen molar-refractivity contribution in [2.75, 3.05) is 7.11 Å². The molecule has 2 amide bonds. The van der Waals surface area contributed by atoms with Crippen LogP contribution in [0.3, 0.4) is 0 Å². The van der Waals surface area contributed by atoms with E-state index < -0.39 is 17.9 Å². The Hall–Kier alpha value is -3.87. The number of esters is 1. The summed E-state index contributed by atoms with van der Waals surface area (Å²) in [5.41, 5.74) is 2.16. The van der Waals surface area contributed by atoms with Gasteiger partial charge in [0.15, 0.2) is 5.76 Å². The first kappa shape index (κ1) is 20.9. The minimum Gasteiger partial charge on any atom is -0.465 e. The van der Waals surface area contributed by atoms with Crippen LogP contribution in [0.2, 0.25) is 0 Å². The summed E-state index contributed by atoms with van der Waals surface area (Å²) in [6, 6.07) is 18.5. The quantitative estimate of drug-likeness (QED) is 0.561. The second-order valence-electron chi connectivity index (χ2n) is 6.60. The smallest absolute Gasteiger partial charge is 0.337 e. The minimum atomic E-state index is -0.778. The lowest BCUT2D eigenvalue weighted by Crippen LogP contribution is -2.47. The number of ether oxygens (including phenoxy) is 1. The van der Waals surface area contributed by atoms with Crippen LogP contribution >= 0.6 is 0 Å². The summed E-state index contributed by atoms with van der Waals surface area (Å²) in [4.78, 5) is 36.7. The monoisotopic (exact) mass is 406 g/mol. The van der Waals surface area contributed by atoms with Gasteiger partial charge in [-0.25, -0.2) is 4.79 Å². The number of carbonyl (C=O) groups excluding carboxylic acids is 3. The van der Waals surface area contributed by atoms with E-state index >= 15 is 0 Å². The molecule has 1 aromatic heterocycles. The second-order valence-corrected chi connectivity index (χ2v) is 6.60. The molecule has 2 aromatic carbocycles. The van der Waals surface area contributed by atoms with Crippen molar-refractivity contribution >= 4 is 17.8 Å². The molecule has 7 nitrogen and oxygen atoms in total. The molecule has 0 aliphatic rings. The summed E-state index contributed by atoms with van der Waals surface area (Å²) in [5.74, 6) is -1.07. The third kappa shape index (κ3) is 5.57. The first-order valence-electron chi connectivity index (χ1n) is 9.40. The van der Waals surface area contributed by atoms with Gasteiger partial charge in [0.25, 0.3) is 5.91 Å². The predicted molar refractivity (Wildman–Crippen MR) is 110 cm³/mol. The molecular weight excluding hydrogens is 384 g/mol. The van der Waals surface area contributed by atoms with Gasteiger partial charge in [0.05, 0.1) is 18.9 Å². The zero-order valence-corrected chi connectivity index (χ0v) is 16.5. The zero-order chi connectivity index (χ0) is 21.3. The topological polar surface area (TPSA) is 97.6 Å². The number of furan rings is 1. The van der Waals surface area contributed by atoms with Crippen LogP contribution in [-0.4, -0.2) is 30.9 Å². The van der Waals surface area contributed by atoms with Crippen molar-refractivity contribution in [3.63, 3.8) is 0 Å². The Morgan fingerprint density at radius 3 is 2.30 bits per heavy atom. The highest BCUT2D eigenvalue weighted by atomic mass is 16.5. The van der Waals surface area contributed by atoms with E-state index in [1.165, 1.54) is 19.4 Å². The molecule has 154 valence electrons. The van der Waals surface area contributed by atoms with Gasteiger partial charge in [-0.05, 0) is 35.4 Å². The molecule has 7 heteroatoms. The van der Waals surface area contributed by atoms with Crippen LogP contribution < -0.4 is 10.6 Å². The van der Waals surface area contributed by atoms with Crippen molar-refractivity contribution in [3.8, 4) is 0 Å². The molecule has 1 heterocycles. The van der Waals surface area contributed by atoms with Gasteiger partial charge >= 0.3 is 5.97 Å². The fraction of sp³-hybridized carbons (Fsp3) is 0.174. The lowest BCUT2D eigenvalue weighted by molar-refractivity contribution is -0.123. The number of hydrogen-bond acceptors (Lipinski definition) is 5. The molecule has 3 rings (SSSR count). The predicted octanol–water partition coefficient (Wildman–Crippen LogP) is 2.72. The molecule has 0 fully saturated rings. The Morgan fingerprint density at radius 1 is 0.933 bits per heavy atom. The Morgan fingerprint density at radius 2 is 1.67 bits per heavy atom. The molecule has 0 radical (unpaired) electrons. The van der Waals surface area contributed by atoms with E-state index in [1.54, 1.807) is 30.3 Å². The van der Waals surface area contributed by atoms with E-state index in [0.717, 1.165) is 11.1 Å². The van der Waals surface area contributed by atoms with Crippen LogP contribution in [-0.2, 0) is 22.5 Å². The number of methoxy groups -OCH3 is 1. The van der Waals surface area contributed by atoms with Crippen molar-refractivity contribution in [3.05, 3.63) is 95.4 Å². The van der Waals surface area contributed by atoms with Gasteiger partial charge in [0.2, 0.25) is 5.91 Å². The molecule has 1 unspecified atom stereocenters. The van der Waals surface area contributed by atoms with Gasteiger partial charge in [-0.15, -0.1) is 0 Å². The van der Waals surface area contributed by atoms with Gasteiger partial charge in [-0.3, -0.25) is 9.59 Å². The summed E-state index contributed by atoms with van der Waals surface area (Å²) in [6.45, 7) is 0.252. The third-order valence-electron chi connectivity index (χ3n) is 4.49. The maximum absolute atomic E-state index is 12.8. The molecule has 2 N–H and O–H groups in total. The van der Waals surface area contributed by atoms with E-state index in [2.05, 4.69) is 15.4 Å². The lowest BCUT2D eigenvalue weighted by Gasteiger charge is -2.18. The molecule has 0 spiro atoms. The zero-order valence-electron chi connectivity index (χ0n) is 16.5. The number of hydrogen-bond donors (Lipinski definition) is 2. The number of nitrogens with one attached hydrogen (secondary N) is 2. The Bertz CT molecular complexity index is 982. The molecule has 30 heavy (non-hydrogen) atoms. The highest BCUT2D eigenvalue weighted by Crippen LogP contribution is 2.08. The Balaban J connectivity index is 1.66. The number of carbonyl (C=O) groups is 3. The Labute approximate surface area is 174 Å². The standard InChI is InChI=1S/C23H22N2O5/c1-29-23(28)18-11-9-17(10-12-18)15-24-21(26)19(14-16-6-3-2-4-7-16)25-22(27)20-8-5-13-30-20/h2-13,19H,14-15H2,1H3,(H,24,26)(H,25,27). The van der Waals surface area contributed by atoms with Gasteiger partial charge in [0.1, 0.15) is 6.04 Å². The van der Waals surface area contributed by atoms with Crippen LogP contribution in [0.4, 0.5) is 0 Å². The molecular formula is C23H22N2O5. The van der Waals surface area contributed by atoms with Crippen molar-refractivity contribution in [2.24, 2.45) is 0 Å². The lowest BCUT2D eigenvalue weighted by atomic mass is 10.0.